The van der Waals surface area contributed by atoms with Crippen molar-refractivity contribution < 1.29 is 13.9 Å². The Balaban J connectivity index is 2.15. The van der Waals surface area contributed by atoms with Crippen LogP contribution in [0.3, 0.4) is 0 Å². The van der Waals surface area contributed by atoms with Crippen LogP contribution < -0.4 is 5.32 Å². The highest BCUT2D eigenvalue weighted by atomic mass is 19.3. The summed E-state index contributed by atoms with van der Waals surface area (Å²) in [5.74, 6) is 2.58. The van der Waals surface area contributed by atoms with Crippen LogP contribution in [0.1, 0.15) is 12.8 Å². The summed E-state index contributed by atoms with van der Waals surface area (Å²) in [6.45, 7) is 2.36. The molecule has 1 atom stereocenters. The van der Waals surface area contributed by atoms with Gasteiger partial charge in [0.2, 0.25) is 0 Å². The van der Waals surface area contributed by atoms with E-state index in [1.54, 1.807) is 0 Å². The lowest BCUT2D eigenvalue weighted by molar-refractivity contribution is -0.00562. The van der Waals surface area contributed by atoms with E-state index in [0.717, 1.165) is 25.9 Å². The normalized spacial score (nSPS) is 20.9. The zero-order valence-electron chi connectivity index (χ0n) is 9.20. The average molecular weight is 232 g/mol. The third-order valence-electron chi connectivity index (χ3n) is 2.81. The monoisotopic (exact) mass is 232 g/mol. The standard InChI is InChI=1S/C11H18F2N2O/c1-2-5-15-6-3-9(4-7-15)14-8-10(16)11(12)13/h1,9-11,14,16H,3-8H2. The Labute approximate surface area is 94.8 Å². The second-order valence-corrected chi connectivity index (χ2v) is 4.06. The molecule has 0 spiro atoms. The quantitative estimate of drug-likeness (QED) is 0.669. The summed E-state index contributed by atoms with van der Waals surface area (Å²) in [6, 6.07) is 0.211. The van der Waals surface area contributed by atoms with Crippen LogP contribution in [0, 0.1) is 12.3 Å². The predicted molar refractivity (Wildman–Crippen MR) is 58.3 cm³/mol. The first-order valence-electron chi connectivity index (χ1n) is 5.49. The van der Waals surface area contributed by atoms with E-state index in [4.69, 9.17) is 11.5 Å². The molecular formula is C11H18F2N2O. The van der Waals surface area contributed by atoms with Gasteiger partial charge in [-0.1, -0.05) is 5.92 Å². The van der Waals surface area contributed by atoms with Gasteiger partial charge in [-0.3, -0.25) is 4.90 Å². The Bertz CT molecular complexity index is 235. The molecule has 0 aliphatic carbocycles. The van der Waals surface area contributed by atoms with Gasteiger partial charge in [-0.2, -0.15) is 0 Å². The molecule has 1 aliphatic heterocycles. The van der Waals surface area contributed by atoms with Gasteiger partial charge in [0, 0.05) is 25.7 Å². The van der Waals surface area contributed by atoms with Gasteiger partial charge in [0.15, 0.2) is 0 Å². The molecule has 2 N–H and O–H groups in total. The molecule has 0 saturated carbocycles. The number of likely N-dealkylation sites (tertiary alicyclic amines) is 1. The largest absolute Gasteiger partial charge is 0.386 e. The van der Waals surface area contributed by atoms with Gasteiger partial charge in [0.05, 0.1) is 6.54 Å². The molecule has 5 heteroatoms. The molecule has 16 heavy (non-hydrogen) atoms. The Morgan fingerprint density at radius 3 is 2.56 bits per heavy atom. The molecule has 0 aromatic heterocycles. The first-order chi connectivity index (χ1) is 7.63. The van der Waals surface area contributed by atoms with Crippen molar-refractivity contribution in [2.24, 2.45) is 0 Å². The van der Waals surface area contributed by atoms with Gasteiger partial charge in [-0.25, -0.2) is 8.78 Å². The fourth-order valence-electron chi connectivity index (χ4n) is 1.80. The van der Waals surface area contributed by atoms with Crippen LogP contribution >= 0.6 is 0 Å². The third kappa shape index (κ3) is 4.44. The maximum absolute atomic E-state index is 12.0. The first kappa shape index (κ1) is 13.4. The van der Waals surface area contributed by atoms with E-state index in [-0.39, 0.29) is 12.6 Å². The lowest BCUT2D eigenvalue weighted by atomic mass is 10.0. The van der Waals surface area contributed by atoms with Gasteiger partial charge >= 0.3 is 0 Å². The topological polar surface area (TPSA) is 35.5 Å². The third-order valence-corrected chi connectivity index (χ3v) is 2.81. The minimum Gasteiger partial charge on any atom is -0.386 e. The summed E-state index contributed by atoms with van der Waals surface area (Å²) < 4.78 is 24.0. The summed E-state index contributed by atoms with van der Waals surface area (Å²) in [7, 11) is 0. The lowest BCUT2D eigenvalue weighted by Crippen LogP contribution is -2.45. The number of rotatable bonds is 5. The van der Waals surface area contributed by atoms with Crippen molar-refractivity contribution in [3.05, 3.63) is 0 Å². The second kappa shape index (κ2) is 6.79. The number of aliphatic hydroxyl groups is 1. The van der Waals surface area contributed by atoms with Gasteiger partial charge in [0.25, 0.3) is 6.43 Å². The minimum atomic E-state index is -2.67. The van der Waals surface area contributed by atoms with Crippen LogP contribution in [0.4, 0.5) is 8.78 Å². The Morgan fingerprint density at radius 2 is 2.06 bits per heavy atom. The molecular weight excluding hydrogens is 214 g/mol. The van der Waals surface area contributed by atoms with Gasteiger partial charge < -0.3 is 10.4 Å². The van der Waals surface area contributed by atoms with Crippen molar-refractivity contribution >= 4 is 0 Å². The van der Waals surface area contributed by atoms with E-state index in [1.165, 1.54) is 0 Å². The zero-order chi connectivity index (χ0) is 12.0. The molecule has 1 rings (SSSR count). The van der Waals surface area contributed by atoms with Crippen molar-refractivity contribution in [1.82, 2.24) is 10.2 Å². The summed E-state index contributed by atoms with van der Waals surface area (Å²) in [4.78, 5) is 2.15. The SMILES string of the molecule is C#CCN1CCC(NCC(O)C(F)F)CC1. The number of nitrogens with zero attached hydrogens (tertiary/aromatic N) is 1. The highest BCUT2D eigenvalue weighted by molar-refractivity contribution is 4.90. The maximum Gasteiger partial charge on any atom is 0.265 e. The number of nitrogens with one attached hydrogen (secondary N) is 1. The molecule has 1 aliphatic rings. The smallest absolute Gasteiger partial charge is 0.265 e. The lowest BCUT2D eigenvalue weighted by Gasteiger charge is -2.31. The molecule has 1 heterocycles. The summed E-state index contributed by atoms with van der Waals surface area (Å²) >= 11 is 0. The summed E-state index contributed by atoms with van der Waals surface area (Å²) in [5.41, 5.74) is 0. The van der Waals surface area contributed by atoms with E-state index in [2.05, 4.69) is 16.1 Å². The van der Waals surface area contributed by atoms with Gasteiger partial charge in [-0.15, -0.1) is 6.42 Å². The fourth-order valence-corrected chi connectivity index (χ4v) is 1.80. The van der Waals surface area contributed by atoms with E-state index in [9.17, 15) is 8.78 Å². The van der Waals surface area contributed by atoms with Crippen molar-refractivity contribution in [3.8, 4) is 12.3 Å². The van der Waals surface area contributed by atoms with Crippen molar-refractivity contribution in [2.75, 3.05) is 26.2 Å². The van der Waals surface area contributed by atoms with Gasteiger partial charge in [-0.05, 0) is 12.8 Å². The van der Waals surface area contributed by atoms with Crippen molar-refractivity contribution in [1.29, 1.82) is 0 Å². The fraction of sp³-hybridized carbons (Fsp3) is 0.818. The molecule has 1 saturated heterocycles. The molecule has 1 unspecified atom stereocenters. The Kier molecular flexibility index (Phi) is 5.67. The number of piperidine rings is 1. The predicted octanol–water partition coefficient (Wildman–Crippen LogP) is 0.300. The van der Waals surface area contributed by atoms with Crippen LogP contribution in [0.25, 0.3) is 0 Å². The molecule has 0 amide bonds. The van der Waals surface area contributed by atoms with Crippen molar-refractivity contribution in [3.63, 3.8) is 0 Å². The molecule has 92 valence electrons. The molecule has 0 aromatic carbocycles. The van der Waals surface area contributed by atoms with Gasteiger partial charge in [0.1, 0.15) is 6.10 Å². The van der Waals surface area contributed by atoms with E-state index in [1.807, 2.05) is 0 Å². The van der Waals surface area contributed by atoms with Crippen LogP contribution in [0.15, 0.2) is 0 Å². The number of hydrogen-bond acceptors (Lipinski definition) is 3. The number of halogens is 2. The Hall–Kier alpha value is -0.700. The summed E-state index contributed by atoms with van der Waals surface area (Å²) in [5, 5.41) is 11.9. The molecule has 3 nitrogen and oxygen atoms in total. The average Bonchev–Trinajstić information content (AvgIpc) is 2.28. The van der Waals surface area contributed by atoms with E-state index < -0.39 is 12.5 Å². The van der Waals surface area contributed by atoms with Crippen molar-refractivity contribution in [2.45, 2.75) is 31.4 Å². The highest BCUT2D eigenvalue weighted by Gasteiger charge is 2.21. The van der Waals surface area contributed by atoms with E-state index >= 15 is 0 Å². The first-order valence-corrected chi connectivity index (χ1v) is 5.49. The second-order valence-electron chi connectivity index (χ2n) is 4.06. The van der Waals surface area contributed by atoms with Crippen LogP contribution in [-0.4, -0.2) is 54.8 Å². The molecule has 1 fully saturated rings. The van der Waals surface area contributed by atoms with Crippen LogP contribution in [-0.2, 0) is 0 Å². The summed E-state index contributed by atoms with van der Waals surface area (Å²) in [6.07, 6.45) is 2.74. The molecule has 0 radical (unpaired) electrons. The number of terminal acetylenes is 1. The number of hydrogen-bond donors (Lipinski definition) is 2. The highest BCUT2D eigenvalue weighted by Crippen LogP contribution is 2.10. The van der Waals surface area contributed by atoms with Crippen LogP contribution in [0.2, 0.25) is 0 Å². The molecule has 0 aromatic rings. The molecule has 0 bridgehead atoms. The maximum atomic E-state index is 12.0. The Morgan fingerprint density at radius 1 is 1.44 bits per heavy atom. The number of alkyl halides is 2. The van der Waals surface area contributed by atoms with E-state index in [0.29, 0.717) is 6.54 Å². The number of aliphatic hydroxyl groups excluding tert-OH is 1. The minimum absolute atomic E-state index is 0.0442. The van der Waals surface area contributed by atoms with Crippen LogP contribution in [0.5, 0.6) is 0 Å². The zero-order valence-corrected chi connectivity index (χ0v) is 9.20.